The second-order valence-electron chi connectivity index (χ2n) is 5.63. The number of hydrogen-bond donors (Lipinski definition) is 1. The highest BCUT2D eigenvalue weighted by Gasteiger charge is 2.37. The van der Waals surface area contributed by atoms with E-state index in [1.165, 1.54) is 41.3 Å². The molecule has 0 bridgehead atoms. The van der Waals surface area contributed by atoms with Crippen LogP contribution in [0.3, 0.4) is 0 Å². The highest BCUT2D eigenvalue weighted by atomic mass is 32.1. The zero-order valence-corrected chi connectivity index (χ0v) is 12.8. The third-order valence-electron chi connectivity index (χ3n) is 3.88. The fourth-order valence-electron chi connectivity index (χ4n) is 2.53. The van der Waals surface area contributed by atoms with Crippen LogP contribution in [0.1, 0.15) is 67.1 Å². The summed E-state index contributed by atoms with van der Waals surface area (Å²) in [5, 5.41) is 4.68. The molecule has 2 aliphatic carbocycles. The molecule has 0 aromatic carbocycles. The van der Waals surface area contributed by atoms with Crippen molar-refractivity contribution < 1.29 is 4.74 Å². The number of ether oxygens (including phenoxy) is 1. The first-order valence-corrected chi connectivity index (χ1v) is 8.46. The van der Waals surface area contributed by atoms with Crippen molar-refractivity contribution in [3.05, 3.63) is 15.6 Å². The number of rotatable bonds is 8. The van der Waals surface area contributed by atoms with Crippen LogP contribution in [0, 0.1) is 5.92 Å². The Kier molecular flexibility index (Phi) is 4.20. The largest absolute Gasteiger partial charge is 0.371 e. The van der Waals surface area contributed by atoms with Gasteiger partial charge in [0.2, 0.25) is 0 Å². The van der Waals surface area contributed by atoms with Gasteiger partial charge in [0.05, 0.1) is 5.69 Å². The second kappa shape index (κ2) is 5.90. The summed E-state index contributed by atoms with van der Waals surface area (Å²) in [4.78, 5) is 6.41. The molecule has 0 spiro atoms. The van der Waals surface area contributed by atoms with Crippen molar-refractivity contribution >= 4 is 11.3 Å². The Morgan fingerprint density at radius 2 is 2.11 bits per heavy atom. The maximum Gasteiger partial charge on any atom is 0.122 e. The molecule has 2 saturated carbocycles. The van der Waals surface area contributed by atoms with Gasteiger partial charge in [0.15, 0.2) is 0 Å². The molecule has 0 amide bonds. The zero-order valence-electron chi connectivity index (χ0n) is 11.9. The van der Waals surface area contributed by atoms with Crippen LogP contribution in [0.5, 0.6) is 0 Å². The lowest BCUT2D eigenvalue weighted by atomic mass is 10.2. The molecule has 0 radical (unpaired) electrons. The SMILES string of the molecule is CCNCc1sc(C(OCC)C2CC2)nc1C1CC1. The van der Waals surface area contributed by atoms with Crippen molar-refractivity contribution in [2.45, 2.75) is 58.1 Å². The number of hydrogen-bond acceptors (Lipinski definition) is 4. The summed E-state index contributed by atoms with van der Waals surface area (Å²) < 4.78 is 5.95. The summed E-state index contributed by atoms with van der Waals surface area (Å²) >= 11 is 1.89. The molecule has 19 heavy (non-hydrogen) atoms. The fraction of sp³-hybridized carbons (Fsp3) is 0.800. The van der Waals surface area contributed by atoms with Crippen molar-refractivity contribution in [3.8, 4) is 0 Å². The minimum Gasteiger partial charge on any atom is -0.371 e. The first-order valence-electron chi connectivity index (χ1n) is 7.65. The van der Waals surface area contributed by atoms with Crippen LogP contribution in [-0.2, 0) is 11.3 Å². The minimum atomic E-state index is 0.267. The molecule has 2 aliphatic rings. The highest BCUT2D eigenvalue weighted by molar-refractivity contribution is 7.11. The number of thiazole rings is 1. The lowest BCUT2D eigenvalue weighted by molar-refractivity contribution is 0.0461. The molecule has 2 fully saturated rings. The molecule has 0 aliphatic heterocycles. The third kappa shape index (κ3) is 3.18. The predicted octanol–water partition coefficient (Wildman–Crippen LogP) is 3.62. The van der Waals surface area contributed by atoms with E-state index in [0.717, 1.165) is 31.5 Å². The van der Waals surface area contributed by atoms with E-state index in [2.05, 4.69) is 19.2 Å². The number of nitrogens with zero attached hydrogens (tertiary/aromatic N) is 1. The summed E-state index contributed by atoms with van der Waals surface area (Å²) in [7, 11) is 0. The van der Waals surface area contributed by atoms with Crippen LogP contribution < -0.4 is 5.32 Å². The first kappa shape index (κ1) is 13.5. The monoisotopic (exact) mass is 280 g/mol. The van der Waals surface area contributed by atoms with Crippen LogP contribution in [0.4, 0.5) is 0 Å². The molecule has 1 aromatic heterocycles. The average Bonchev–Trinajstić information content (AvgIpc) is 3.31. The van der Waals surface area contributed by atoms with Crippen molar-refractivity contribution in [2.75, 3.05) is 13.2 Å². The summed E-state index contributed by atoms with van der Waals surface area (Å²) in [5.74, 6) is 1.46. The Morgan fingerprint density at radius 3 is 2.68 bits per heavy atom. The molecule has 106 valence electrons. The molecular formula is C15H24N2OS. The van der Waals surface area contributed by atoms with Crippen LogP contribution in [0.25, 0.3) is 0 Å². The average molecular weight is 280 g/mol. The van der Waals surface area contributed by atoms with Gasteiger partial charge in [-0.1, -0.05) is 6.92 Å². The van der Waals surface area contributed by atoms with Crippen LogP contribution >= 0.6 is 11.3 Å². The zero-order chi connectivity index (χ0) is 13.2. The fourth-order valence-corrected chi connectivity index (χ4v) is 3.80. The van der Waals surface area contributed by atoms with E-state index in [0.29, 0.717) is 0 Å². The minimum absolute atomic E-state index is 0.267. The highest BCUT2D eigenvalue weighted by Crippen LogP contribution is 2.48. The van der Waals surface area contributed by atoms with E-state index in [4.69, 9.17) is 9.72 Å². The summed E-state index contributed by atoms with van der Waals surface area (Å²) in [6.45, 7) is 7.04. The van der Waals surface area contributed by atoms with Crippen molar-refractivity contribution in [3.63, 3.8) is 0 Å². The van der Waals surface area contributed by atoms with Crippen molar-refractivity contribution in [1.29, 1.82) is 0 Å². The van der Waals surface area contributed by atoms with Crippen LogP contribution in [0.15, 0.2) is 0 Å². The van der Waals surface area contributed by atoms with Crippen LogP contribution in [-0.4, -0.2) is 18.1 Å². The normalized spacial score (nSPS) is 20.7. The molecule has 1 unspecified atom stereocenters. The van der Waals surface area contributed by atoms with Crippen molar-refractivity contribution in [1.82, 2.24) is 10.3 Å². The Balaban J connectivity index is 1.79. The van der Waals surface area contributed by atoms with Crippen molar-refractivity contribution in [2.24, 2.45) is 5.92 Å². The lowest BCUT2D eigenvalue weighted by Gasteiger charge is -2.12. The van der Waals surface area contributed by atoms with Gasteiger partial charge >= 0.3 is 0 Å². The quantitative estimate of drug-likeness (QED) is 0.790. The Morgan fingerprint density at radius 1 is 1.32 bits per heavy atom. The Hall–Kier alpha value is -0.450. The van der Waals surface area contributed by atoms with Gasteiger partial charge in [0, 0.05) is 23.9 Å². The molecule has 1 heterocycles. The smallest absolute Gasteiger partial charge is 0.122 e. The first-order chi connectivity index (χ1) is 9.33. The molecule has 4 heteroatoms. The van der Waals surface area contributed by atoms with Gasteiger partial charge in [-0.05, 0) is 45.1 Å². The third-order valence-corrected chi connectivity index (χ3v) is 5.02. The number of aromatic nitrogens is 1. The van der Waals surface area contributed by atoms with Gasteiger partial charge in [0.25, 0.3) is 0 Å². The maximum absolute atomic E-state index is 5.95. The van der Waals surface area contributed by atoms with Gasteiger partial charge in [-0.15, -0.1) is 11.3 Å². The lowest BCUT2D eigenvalue weighted by Crippen LogP contribution is -2.11. The summed E-state index contributed by atoms with van der Waals surface area (Å²) in [5.41, 5.74) is 1.37. The second-order valence-corrected chi connectivity index (χ2v) is 6.74. The van der Waals surface area contributed by atoms with Crippen LogP contribution in [0.2, 0.25) is 0 Å². The Labute approximate surface area is 119 Å². The standard InChI is InChI=1S/C15H24N2OS/c1-3-16-9-12-13(10-5-6-10)17-15(19-12)14(18-4-2)11-7-8-11/h10-11,14,16H,3-9H2,1-2H3. The van der Waals surface area contributed by atoms with E-state index >= 15 is 0 Å². The molecule has 3 nitrogen and oxygen atoms in total. The molecule has 1 N–H and O–H groups in total. The van der Waals surface area contributed by atoms with Gasteiger partial charge in [-0.2, -0.15) is 0 Å². The van der Waals surface area contributed by atoms with Gasteiger partial charge in [0.1, 0.15) is 11.1 Å². The van der Waals surface area contributed by atoms with E-state index in [1.807, 2.05) is 11.3 Å². The molecule has 3 rings (SSSR count). The molecule has 1 aromatic rings. The van der Waals surface area contributed by atoms with E-state index in [-0.39, 0.29) is 6.10 Å². The summed E-state index contributed by atoms with van der Waals surface area (Å²) in [6.07, 6.45) is 5.54. The van der Waals surface area contributed by atoms with Gasteiger partial charge < -0.3 is 10.1 Å². The number of nitrogens with one attached hydrogen (secondary N) is 1. The van der Waals surface area contributed by atoms with E-state index in [1.54, 1.807) is 0 Å². The predicted molar refractivity (Wildman–Crippen MR) is 78.6 cm³/mol. The Bertz CT molecular complexity index is 424. The van der Waals surface area contributed by atoms with E-state index in [9.17, 15) is 0 Å². The summed E-state index contributed by atoms with van der Waals surface area (Å²) in [6, 6.07) is 0. The van der Waals surface area contributed by atoms with Gasteiger partial charge in [-0.3, -0.25) is 0 Å². The van der Waals surface area contributed by atoms with E-state index < -0.39 is 0 Å². The maximum atomic E-state index is 5.95. The van der Waals surface area contributed by atoms with Gasteiger partial charge in [-0.25, -0.2) is 4.98 Å². The topological polar surface area (TPSA) is 34.1 Å². The molecular weight excluding hydrogens is 256 g/mol. The molecule has 1 atom stereocenters. The molecule has 0 saturated heterocycles.